The SMILES string of the molecule is COC(=O)c1cc(C#N)c(C(F)(F)F)cc1S. The first kappa shape index (κ1) is 13.4. The van der Waals surface area contributed by atoms with Gasteiger partial charge in [-0.3, -0.25) is 0 Å². The number of halogens is 3. The highest BCUT2D eigenvalue weighted by atomic mass is 32.1. The summed E-state index contributed by atoms with van der Waals surface area (Å²) < 4.78 is 42.0. The largest absolute Gasteiger partial charge is 0.465 e. The van der Waals surface area contributed by atoms with Crippen LogP contribution in [0.4, 0.5) is 13.2 Å². The van der Waals surface area contributed by atoms with Crippen molar-refractivity contribution in [2.75, 3.05) is 7.11 Å². The summed E-state index contributed by atoms with van der Waals surface area (Å²) in [7, 11) is 1.08. The molecule has 7 heteroatoms. The Hall–Kier alpha value is -1.68. The lowest BCUT2D eigenvalue weighted by Crippen LogP contribution is -2.11. The first-order valence-electron chi connectivity index (χ1n) is 4.24. The van der Waals surface area contributed by atoms with Crippen LogP contribution in [0.5, 0.6) is 0 Å². The first-order chi connectivity index (χ1) is 7.81. The second-order valence-corrected chi connectivity index (χ2v) is 3.50. The highest BCUT2D eigenvalue weighted by Gasteiger charge is 2.34. The molecule has 1 aromatic rings. The Morgan fingerprint density at radius 2 is 2.06 bits per heavy atom. The van der Waals surface area contributed by atoms with Crippen molar-refractivity contribution in [2.24, 2.45) is 0 Å². The monoisotopic (exact) mass is 261 g/mol. The fourth-order valence-corrected chi connectivity index (χ4v) is 1.47. The van der Waals surface area contributed by atoms with Gasteiger partial charge in [0.15, 0.2) is 0 Å². The van der Waals surface area contributed by atoms with Gasteiger partial charge in [-0.05, 0) is 12.1 Å². The Labute approximate surface area is 100 Å². The molecule has 1 aromatic carbocycles. The summed E-state index contributed by atoms with van der Waals surface area (Å²) in [4.78, 5) is 11.0. The Morgan fingerprint density at radius 3 is 2.47 bits per heavy atom. The first-order valence-corrected chi connectivity index (χ1v) is 4.68. The van der Waals surface area contributed by atoms with E-state index in [4.69, 9.17) is 5.26 Å². The second kappa shape index (κ2) is 4.67. The second-order valence-electron chi connectivity index (χ2n) is 3.02. The summed E-state index contributed by atoms with van der Waals surface area (Å²) in [5.74, 6) is -0.847. The van der Waals surface area contributed by atoms with Crippen LogP contribution >= 0.6 is 12.6 Å². The molecule has 0 bridgehead atoms. The molecule has 1 rings (SSSR count). The molecule has 0 spiro atoms. The van der Waals surface area contributed by atoms with E-state index in [0.29, 0.717) is 6.07 Å². The third-order valence-corrected chi connectivity index (χ3v) is 2.34. The van der Waals surface area contributed by atoms with Gasteiger partial charge < -0.3 is 4.74 Å². The minimum Gasteiger partial charge on any atom is -0.465 e. The lowest BCUT2D eigenvalue weighted by atomic mass is 10.0. The van der Waals surface area contributed by atoms with E-state index in [9.17, 15) is 18.0 Å². The van der Waals surface area contributed by atoms with E-state index < -0.39 is 23.3 Å². The van der Waals surface area contributed by atoms with Crippen molar-refractivity contribution < 1.29 is 22.7 Å². The lowest BCUT2D eigenvalue weighted by Gasteiger charge is -2.11. The van der Waals surface area contributed by atoms with E-state index in [2.05, 4.69) is 17.4 Å². The summed E-state index contributed by atoms with van der Waals surface area (Å²) in [6.07, 6.45) is -4.67. The van der Waals surface area contributed by atoms with Gasteiger partial charge in [0.25, 0.3) is 0 Å². The maximum atomic E-state index is 12.5. The van der Waals surface area contributed by atoms with Crippen LogP contribution in [-0.4, -0.2) is 13.1 Å². The van der Waals surface area contributed by atoms with Crippen LogP contribution in [0.1, 0.15) is 21.5 Å². The highest BCUT2D eigenvalue weighted by Crippen LogP contribution is 2.34. The Bertz CT molecular complexity index is 505. The van der Waals surface area contributed by atoms with E-state index in [1.54, 1.807) is 0 Å². The van der Waals surface area contributed by atoms with Crippen molar-refractivity contribution in [1.82, 2.24) is 0 Å². The zero-order chi connectivity index (χ0) is 13.2. The van der Waals surface area contributed by atoms with Crippen molar-refractivity contribution in [1.29, 1.82) is 5.26 Å². The van der Waals surface area contributed by atoms with Crippen LogP contribution in [0, 0.1) is 11.3 Å². The number of thiol groups is 1. The predicted molar refractivity (Wildman–Crippen MR) is 54.8 cm³/mol. The fraction of sp³-hybridized carbons (Fsp3) is 0.200. The molecule has 17 heavy (non-hydrogen) atoms. The number of hydrogen-bond donors (Lipinski definition) is 1. The molecule has 3 nitrogen and oxygen atoms in total. The van der Waals surface area contributed by atoms with Crippen LogP contribution in [0.15, 0.2) is 17.0 Å². The Balaban J connectivity index is 3.47. The van der Waals surface area contributed by atoms with Gasteiger partial charge in [0.2, 0.25) is 0 Å². The summed E-state index contributed by atoms with van der Waals surface area (Å²) in [5, 5.41) is 8.62. The molecule has 0 aliphatic heterocycles. The molecule has 0 fully saturated rings. The number of methoxy groups -OCH3 is 1. The van der Waals surface area contributed by atoms with Gasteiger partial charge in [-0.15, -0.1) is 12.6 Å². The van der Waals surface area contributed by atoms with Gasteiger partial charge in [0.1, 0.15) is 0 Å². The van der Waals surface area contributed by atoms with Crippen molar-refractivity contribution in [3.05, 3.63) is 28.8 Å². The molecule has 0 N–H and O–H groups in total. The van der Waals surface area contributed by atoms with Gasteiger partial charge in [0.05, 0.1) is 29.9 Å². The maximum absolute atomic E-state index is 12.5. The number of alkyl halides is 3. The van der Waals surface area contributed by atoms with Gasteiger partial charge in [-0.25, -0.2) is 4.79 Å². The zero-order valence-electron chi connectivity index (χ0n) is 8.50. The zero-order valence-corrected chi connectivity index (χ0v) is 9.39. The van der Waals surface area contributed by atoms with Crippen LogP contribution in [-0.2, 0) is 10.9 Å². The molecular weight excluding hydrogens is 255 g/mol. The summed E-state index contributed by atoms with van der Waals surface area (Å²) >= 11 is 3.77. The number of carbonyl (C=O) groups excluding carboxylic acids is 1. The molecular formula is C10H6F3NO2S. The number of carbonyl (C=O) groups is 1. The number of nitrogens with zero attached hydrogens (tertiary/aromatic N) is 1. The summed E-state index contributed by atoms with van der Waals surface area (Å²) in [6.45, 7) is 0. The number of ether oxygens (including phenoxy) is 1. The van der Waals surface area contributed by atoms with Gasteiger partial charge in [-0.1, -0.05) is 0 Å². The minimum absolute atomic E-state index is 0.180. The normalized spacial score (nSPS) is 10.8. The number of nitriles is 1. The van der Waals surface area contributed by atoms with Crippen LogP contribution < -0.4 is 0 Å². The highest BCUT2D eigenvalue weighted by molar-refractivity contribution is 7.80. The average molecular weight is 261 g/mol. The van der Waals surface area contributed by atoms with Crippen LogP contribution in [0.2, 0.25) is 0 Å². The number of rotatable bonds is 1. The van der Waals surface area contributed by atoms with Crippen molar-refractivity contribution in [3.63, 3.8) is 0 Å². The molecule has 0 aliphatic carbocycles. The molecule has 0 aromatic heterocycles. The molecule has 0 unspecified atom stereocenters. The fourth-order valence-electron chi connectivity index (χ4n) is 1.19. The van der Waals surface area contributed by atoms with Crippen molar-refractivity contribution in [3.8, 4) is 6.07 Å². The Kier molecular flexibility index (Phi) is 3.68. The van der Waals surface area contributed by atoms with E-state index in [-0.39, 0.29) is 10.5 Å². The molecule has 0 heterocycles. The standard InChI is InChI=1S/C10H6F3NO2S/c1-16-9(15)6-2-5(4-14)7(3-8(6)17)10(11,12)13/h2-3,17H,1H3. The number of benzene rings is 1. The lowest BCUT2D eigenvalue weighted by molar-refractivity contribution is -0.137. The molecule has 0 radical (unpaired) electrons. The number of esters is 1. The van der Waals surface area contributed by atoms with Crippen LogP contribution in [0.3, 0.4) is 0 Å². The summed E-state index contributed by atoms with van der Waals surface area (Å²) in [6, 6.07) is 2.84. The van der Waals surface area contributed by atoms with Crippen molar-refractivity contribution >= 4 is 18.6 Å². The summed E-state index contributed by atoms with van der Waals surface area (Å²) in [5.41, 5.74) is -1.95. The maximum Gasteiger partial charge on any atom is 0.417 e. The predicted octanol–water partition coefficient (Wildman–Crippen LogP) is 2.65. The quantitative estimate of drug-likeness (QED) is 0.624. The molecule has 0 saturated heterocycles. The van der Waals surface area contributed by atoms with Crippen molar-refractivity contribution in [2.45, 2.75) is 11.1 Å². The molecule has 0 atom stereocenters. The molecule has 0 aliphatic rings. The van der Waals surface area contributed by atoms with E-state index >= 15 is 0 Å². The van der Waals surface area contributed by atoms with E-state index in [1.807, 2.05) is 0 Å². The van der Waals surface area contributed by atoms with E-state index in [1.165, 1.54) is 6.07 Å². The van der Waals surface area contributed by atoms with Crippen LogP contribution in [0.25, 0.3) is 0 Å². The molecule has 90 valence electrons. The Morgan fingerprint density at radius 1 is 1.47 bits per heavy atom. The molecule has 0 amide bonds. The third-order valence-electron chi connectivity index (χ3n) is 1.97. The number of hydrogen-bond acceptors (Lipinski definition) is 4. The molecule has 0 saturated carbocycles. The third kappa shape index (κ3) is 2.71. The smallest absolute Gasteiger partial charge is 0.417 e. The van der Waals surface area contributed by atoms with Gasteiger partial charge in [-0.2, -0.15) is 18.4 Å². The van der Waals surface area contributed by atoms with Gasteiger partial charge in [0, 0.05) is 4.90 Å². The van der Waals surface area contributed by atoms with Gasteiger partial charge >= 0.3 is 12.1 Å². The van der Waals surface area contributed by atoms with E-state index in [0.717, 1.165) is 13.2 Å². The topological polar surface area (TPSA) is 50.1 Å². The minimum atomic E-state index is -4.67. The average Bonchev–Trinajstić information content (AvgIpc) is 2.26.